The highest BCUT2D eigenvalue weighted by molar-refractivity contribution is 5.37. The average Bonchev–Trinajstić information content (AvgIpc) is 2.46. The Balaban J connectivity index is 2.15. The molecule has 2 aromatic carbocycles. The minimum atomic E-state index is -0.812. The van der Waals surface area contributed by atoms with Crippen LogP contribution in [0.3, 0.4) is 0 Å². The quantitative estimate of drug-likeness (QED) is 0.614. The van der Waals surface area contributed by atoms with Gasteiger partial charge in [0.25, 0.3) is 6.04 Å². The molecule has 2 unspecified atom stereocenters. The molecule has 1 aliphatic rings. The molecule has 1 heterocycles. The summed E-state index contributed by atoms with van der Waals surface area (Å²) >= 11 is 0. The van der Waals surface area contributed by atoms with E-state index in [1.165, 1.54) is 0 Å². The number of hydrogen-bond donors (Lipinski definition) is 0. The fraction of sp³-hybridized carbons (Fsp3) is 0.188. The summed E-state index contributed by atoms with van der Waals surface area (Å²) in [5.41, 5.74) is 2.01. The van der Waals surface area contributed by atoms with Crippen LogP contribution in [0.25, 0.3) is 6.08 Å². The topological polar surface area (TPSA) is 55.5 Å². The minimum Gasteiger partial charge on any atom is -0.269 e. The summed E-state index contributed by atoms with van der Waals surface area (Å²) in [4.78, 5) is 15.6. The van der Waals surface area contributed by atoms with Gasteiger partial charge in [-0.3, -0.25) is 15.1 Å². The smallest absolute Gasteiger partial charge is 0.258 e. The molecule has 0 amide bonds. The van der Waals surface area contributed by atoms with Crippen LogP contribution in [0.2, 0.25) is 0 Å². The Morgan fingerprint density at radius 2 is 1.80 bits per heavy atom. The van der Waals surface area contributed by atoms with Crippen LogP contribution in [0.15, 0.2) is 53.5 Å². The average molecular weight is 266 g/mol. The van der Waals surface area contributed by atoms with E-state index in [2.05, 4.69) is 4.99 Å². The molecule has 0 fully saturated rings. The molecular formula is C16H14N2O2. The van der Waals surface area contributed by atoms with E-state index in [0.717, 1.165) is 21.7 Å². The largest absolute Gasteiger partial charge is 0.269 e. The summed E-state index contributed by atoms with van der Waals surface area (Å²) in [5, 5.41) is 13.0. The third-order valence-electron chi connectivity index (χ3n) is 3.55. The van der Waals surface area contributed by atoms with Gasteiger partial charge in [0.05, 0.1) is 5.36 Å². The van der Waals surface area contributed by atoms with E-state index in [1.807, 2.05) is 55.5 Å². The Morgan fingerprint density at radius 1 is 1.10 bits per heavy atom. The first-order valence-electron chi connectivity index (χ1n) is 6.50. The number of nitrogens with zero attached hydrogens (tertiary/aromatic N) is 2. The molecule has 0 aromatic heterocycles. The predicted octanol–water partition coefficient (Wildman–Crippen LogP) is 1.80. The Labute approximate surface area is 116 Å². The molecule has 2 atom stereocenters. The SMILES string of the molecule is Cc1ccc(C2N=c3ccccc3=CC2[N+](=O)[O-])cc1. The van der Waals surface area contributed by atoms with Gasteiger partial charge in [0.2, 0.25) is 0 Å². The molecule has 0 N–H and O–H groups in total. The summed E-state index contributed by atoms with van der Waals surface area (Å²) < 4.78 is 0. The Bertz CT molecular complexity index is 766. The van der Waals surface area contributed by atoms with E-state index < -0.39 is 12.1 Å². The summed E-state index contributed by atoms with van der Waals surface area (Å²) in [6.45, 7) is 1.99. The van der Waals surface area contributed by atoms with Crippen molar-refractivity contribution >= 4 is 6.08 Å². The molecule has 4 nitrogen and oxygen atoms in total. The minimum absolute atomic E-state index is 0.260. The van der Waals surface area contributed by atoms with E-state index in [9.17, 15) is 10.1 Å². The van der Waals surface area contributed by atoms with Gasteiger partial charge in [0, 0.05) is 16.2 Å². The van der Waals surface area contributed by atoms with Crippen molar-refractivity contribution in [1.29, 1.82) is 0 Å². The van der Waals surface area contributed by atoms with E-state index in [0.29, 0.717) is 0 Å². The van der Waals surface area contributed by atoms with Crippen molar-refractivity contribution in [2.45, 2.75) is 19.0 Å². The van der Waals surface area contributed by atoms with Crippen molar-refractivity contribution in [3.05, 3.63) is 80.3 Å². The van der Waals surface area contributed by atoms with Gasteiger partial charge >= 0.3 is 0 Å². The second kappa shape index (κ2) is 4.89. The van der Waals surface area contributed by atoms with Crippen LogP contribution in [0.1, 0.15) is 17.2 Å². The molecule has 4 heteroatoms. The van der Waals surface area contributed by atoms with E-state index in [4.69, 9.17) is 0 Å². The van der Waals surface area contributed by atoms with Crippen LogP contribution in [0.4, 0.5) is 0 Å². The van der Waals surface area contributed by atoms with Crippen molar-refractivity contribution in [3.8, 4) is 0 Å². The molecule has 0 saturated carbocycles. The molecule has 20 heavy (non-hydrogen) atoms. The zero-order chi connectivity index (χ0) is 14.1. The maximum Gasteiger partial charge on any atom is 0.258 e. The van der Waals surface area contributed by atoms with Crippen LogP contribution in [-0.4, -0.2) is 11.0 Å². The zero-order valence-corrected chi connectivity index (χ0v) is 11.1. The molecule has 0 spiro atoms. The van der Waals surface area contributed by atoms with Crippen LogP contribution in [-0.2, 0) is 0 Å². The lowest BCUT2D eigenvalue weighted by atomic mass is 9.96. The molecular weight excluding hydrogens is 252 g/mol. The van der Waals surface area contributed by atoms with Crippen LogP contribution < -0.4 is 10.6 Å². The van der Waals surface area contributed by atoms with Crippen LogP contribution in [0.5, 0.6) is 0 Å². The van der Waals surface area contributed by atoms with Crippen LogP contribution in [0, 0.1) is 17.0 Å². The number of aryl methyl sites for hydroxylation is 1. The standard InChI is InChI=1S/C16H14N2O2/c1-11-6-8-12(9-7-11)16-15(18(19)20)10-13-4-2-3-5-14(13)17-16/h2-10,15-16H,1H3. The fourth-order valence-electron chi connectivity index (χ4n) is 2.46. The van der Waals surface area contributed by atoms with Crippen molar-refractivity contribution < 1.29 is 4.92 Å². The molecule has 100 valence electrons. The molecule has 2 aromatic rings. The van der Waals surface area contributed by atoms with E-state index in [-0.39, 0.29) is 4.92 Å². The number of rotatable bonds is 2. The van der Waals surface area contributed by atoms with Crippen LogP contribution >= 0.6 is 0 Å². The van der Waals surface area contributed by atoms with Crippen molar-refractivity contribution in [1.82, 2.24) is 0 Å². The Kier molecular flexibility index (Phi) is 3.06. The summed E-state index contributed by atoms with van der Waals surface area (Å²) in [5.74, 6) is 0. The number of nitro groups is 1. The third kappa shape index (κ3) is 2.20. The van der Waals surface area contributed by atoms with Crippen molar-refractivity contribution in [2.75, 3.05) is 0 Å². The lowest BCUT2D eigenvalue weighted by molar-refractivity contribution is -0.508. The molecule has 0 bridgehead atoms. The monoisotopic (exact) mass is 266 g/mol. The fourth-order valence-corrected chi connectivity index (χ4v) is 2.46. The predicted molar refractivity (Wildman–Crippen MR) is 76.4 cm³/mol. The van der Waals surface area contributed by atoms with Crippen molar-refractivity contribution in [2.24, 2.45) is 4.99 Å². The maximum atomic E-state index is 11.3. The second-order valence-corrected chi connectivity index (χ2v) is 4.99. The summed E-state index contributed by atoms with van der Waals surface area (Å²) in [6.07, 6.45) is 1.70. The normalized spacial score (nSPS) is 20.4. The highest BCUT2D eigenvalue weighted by Crippen LogP contribution is 2.25. The number of para-hydroxylation sites is 1. The van der Waals surface area contributed by atoms with Gasteiger partial charge in [-0.05, 0) is 18.6 Å². The lowest BCUT2D eigenvalue weighted by Gasteiger charge is -2.18. The van der Waals surface area contributed by atoms with Gasteiger partial charge in [-0.1, -0.05) is 48.0 Å². The maximum absolute atomic E-state index is 11.3. The molecule has 0 aliphatic carbocycles. The molecule has 1 aliphatic heterocycles. The van der Waals surface area contributed by atoms with Gasteiger partial charge in [0.15, 0.2) is 0 Å². The van der Waals surface area contributed by atoms with Crippen molar-refractivity contribution in [3.63, 3.8) is 0 Å². The molecule has 3 rings (SSSR count). The van der Waals surface area contributed by atoms with E-state index in [1.54, 1.807) is 6.08 Å². The highest BCUT2D eigenvalue weighted by Gasteiger charge is 2.32. The number of fused-ring (bicyclic) bond motifs is 1. The van der Waals surface area contributed by atoms with Gasteiger partial charge in [0.1, 0.15) is 6.04 Å². The molecule has 0 saturated heterocycles. The first-order chi connectivity index (χ1) is 9.65. The zero-order valence-electron chi connectivity index (χ0n) is 11.1. The lowest BCUT2D eigenvalue weighted by Crippen LogP contribution is -2.38. The van der Waals surface area contributed by atoms with Gasteiger partial charge in [-0.25, -0.2) is 0 Å². The van der Waals surface area contributed by atoms with Gasteiger partial charge in [-0.2, -0.15) is 0 Å². The Morgan fingerprint density at radius 3 is 2.50 bits per heavy atom. The van der Waals surface area contributed by atoms with E-state index >= 15 is 0 Å². The first kappa shape index (κ1) is 12.5. The number of benzene rings is 2. The van der Waals surface area contributed by atoms with Gasteiger partial charge in [-0.15, -0.1) is 0 Å². The summed E-state index contributed by atoms with van der Waals surface area (Å²) in [7, 11) is 0. The second-order valence-electron chi connectivity index (χ2n) is 4.99. The Hall–Kier alpha value is -2.49. The highest BCUT2D eigenvalue weighted by atomic mass is 16.6. The summed E-state index contributed by atoms with van der Waals surface area (Å²) in [6, 6.07) is 14.0. The third-order valence-corrected chi connectivity index (χ3v) is 3.55. The van der Waals surface area contributed by atoms with Gasteiger partial charge < -0.3 is 0 Å². The first-order valence-corrected chi connectivity index (χ1v) is 6.50. The molecule has 0 radical (unpaired) electrons. The number of hydrogen-bond acceptors (Lipinski definition) is 3.